The van der Waals surface area contributed by atoms with Gasteiger partial charge in [-0.15, -0.1) is 10.2 Å². The van der Waals surface area contributed by atoms with Crippen LogP contribution in [-0.2, 0) is 11.3 Å². The van der Waals surface area contributed by atoms with Gasteiger partial charge < -0.3 is 4.90 Å². The molecule has 2 saturated heterocycles. The van der Waals surface area contributed by atoms with E-state index in [-0.39, 0.29) is 11.4 Å². The maximum atomic E-state index is 12.1. The van der Waals surface area contributed by atoms with Crippen molar-refractivity contribution in [2.75, 3.05) is 40.3 Å². The molecule has 0 radical (unpaired) electrons. The Kier molecular flexibility index (Phi) is 4.92. The Hall–Kier alpha value is -2.32. The number of nitrogens with zero attached hydrogens (tertiary/aromatic N) is 6. The predicted octanol–water partition coefficient (Wildman–Crippen LogP) is 0.995. The first-order valence-corrected chi connectivity index (χ1v) is 9.56. The van der Waals surface area contributed by atoms with Crippen LogP contribution in [0.2, 0.25) is 0 Å². The van der Waals surface area contributed by atoms with E-state index in [4.69, 9.17) is 0 Å². The van der Waals surface area contributed by atoms with Gasteiger partial charge in [-0.25, -0.2) is 0 Å². The molecule has 144 valence electrons. The summed E-state index contributed by atoms with van der Waals surface area (Å²) in [7, 11) is 4.14. The van der Waals surface area contributed by atoms with Crippen molar-refractivity contribution in [2.45, 2.75) is 31.3 Å². The van der Waals surface area contributed by atoms with Crippen LogP contribution in [0.5, 0.6) is 0 Å². The zero-order valence-corrected chi connectivity index (χ0v) is 16.1. The number of nitrogens with one attached hydrogen (secondary N) is 1. The molecule has 1 amide bonds. The van der Waals surface area contributed by atoms with Crippen LogP contribution in [0.3, 0.4) is 0 Å². The maximum absolute atomic E-state index is 12.1. The number of rotatable bonds is 3. The fraction of sp³-hybridized carbons (Fsp3) is 0.579. The lowest BCUT2D eigenvalue weighted by Crippen LogP contribution is -2.60. The van der Waals surface area contributed by atoms with Gasteiger partial charge in [0.15, 0.2) is 0 Å². The van der Waals surface area contributed by atoms with Crippen LogP contribution in [0, 0.1) is 0 Å². The lowest BCUT2D eigenvalue weighted by atomic mass is 9.86. The number of tetrazole rings is 1. The lowest BCUT2D eigenvalue weighted by molar-refractivity contribution is -0.129. The van der Waals surface area contributed by atoms with E-state index in [1.807, 2.05) is 24.1 Å². The highest BCUT2D eigenvalue weighted by Crippen LogP contribution is 2.32. The van der Waals surface area contributed by atoms with Gasteiger partial charge in [0.2, 0.25) is 11.7 Å². The highest BCUT2D eigenvalue weighted by atomic mass is 16.2. The van der Waals surface area contributed by atoms with Gasteiger partial charge in [-0.1, -0.05) is 24.3 Å². The van der Waals surface area contributed by atoms with Crippen LogP contribution < -0.4 is 0 Å². The van der Waals surface area contributed by atoms with Crippen molar-refractivity contribution in [3.8, 4) is 11.4 Å². The fourth-order valence-corrected chi connectivity index (χ4v) is 4.28. The second-order valence-electron chi connectivity index (χ2n) is 7.85. The number of carbonyl (C=O) groups excluding carboxylic acids is 1. The molecule has 4 rings (SSSR count). The number of likely N-dealkylation sites (N-methyl/N-ethyl adjacent to an activating group) is 1. The number of piperazine rings is 1. The van der Waals surface area contributed by atoms with E-state index < -0.39 is 0 Å². The Morgan fingerprint density at radius 1 is 1.11 bits per heavy atom. The summed E-state index contributed by atoms with van der Waals surface area (Å²) in [6.45, 7) is 4.87. The van der Waals surface area contributed by atoms with E-state index in [2.05, 4.69) is 49.6 Å². The third-order valence-electron chi connectivity index (χ3n) is 6.19. The van der Waals surface area contributed by atoms with Gasteiger partial charge >= 0.3 is 0 Å². The standard InChI is InChI=1S/C19H27N7O/c1-24-10-9-19(8-7-17(24)27)14-26(12-11-25(19)2)13-15-3-5-16(6-4-15)18-20-22-23-21-18/h3-6H,7-14H2,1-2H3,(H,20,21,22,23)/t19-/m1/s1. The van der Waals surface area contributed by atoms with Crippen LogP contribution in [-0.4, -0.2) is 87.0 Å². The van der Waals surface area contributed by atoms with Crippen LogP contribution in [0.25, 0.3) is 11.4 Å². The molecule has 2 aliphatic rings. The van der Waals surface area contributed by atoms with Crippen LogP contribution in [0.4, 0.5) is 0 Å². The fourth-order valence-electron chi connectivity index (χ4n) is 4.28. The van der Waals surface area contributed by atoms with Gasteiger partial charge in [0.25, 0.3) is 0 Å². The normalized spacial score (nSPS) is 25.1. The molecule has 0 unspecified atom stereocenters. The molecule has 8 nitrogen and oxygen atoms in total. The number of hydrogen-bond acceptors (Lipinski definition) is 6. The topological polar surface area (TPSA) is 81.2 Å². The summed E-state index contributed by atoms with van der Waals surface area (Å²) < 4.78 is 0. The summed E-state index contributed by atoms with van der Waals surface area (Å²) >= 11 is 0. The highest BCUT2D eigenvalue weighted by Gasteiger charge is 2.41. The van der Waals surface area contributed by atoms with Crippen LogP contribution >= 0.6 is 0 Å². The van der Waals surface area contributed by atoms with Crippen LogP contribution in [0.1, 0.15) is 24.8 Å². The third-order valence-corrected chi connectivity index (χ3v) is 6.19. The summed E-state index contributed by atoms with van der Waals surface area (Å²) in [5.74, 6) is 0.891. The molecule has 3 heterocycles. The highest BCUT2D eigenvalue weighted by molar-refractivity contribution is 5.76. The van der Waals surface area contributed by atoms with Crippen molar-refractivity contribution in [1.29, 1.82) is 0 Å². The van der Waals surface area contributed by atoms with Crippen molar-refractivity contribution in [3.05, 3.63) is 29.8 Å². The number of benzene rings is 1. The van der Waals surface area contributed by atoms with Crippen molar-refractivity contribution in [1.82, 2.24) is 35.3 Å². The third kappa shape index (κ3) is 3.72. The summed E-state index contributed by atoms with van der Waals surface area (Å²) in [4.78, 5) is 19.0. The number of aromatic amines is 1. The van der Waals surface area contributed by atoms with E-state index in [0.29, 0.717) is 12.2 Å². The first-order chi connectivity index (χ1) is 13.1. The molecule has 27 heavy (non-hydrogen) atoms. The number of likely N-dealkylation sites (tertiary alicyclic amines) is 1. The minimum atomic E-state index is 0.100. The molecular formula is C19H27N7O. The van der Waals surface area contributed by atoms with Gasteiger partial charge in [-0.2, -0.15) is 5.21 Å². The number of H-pyrrole nitrogens is 1. The smallest absolute Gasteiger partial charge is 0.222 e. The molecule has 0 aliphatic carbocycles. The lowest BCUT2D eigenvalue weighted by Gasteiger charge is -2.49. The SMILES string of the molecule is CN1CC[C@]2(CCC1=O)CN(Cc1ccc(-c3nn[nH]n3)cc1)CCN2C. The van der Waals surface area contributed by atoms with Crippen molar-refractivity contribution >= 4 is 5.91 Å². The zero-order valence-electron chi connectivity index (χ0n) is 16.1. The monoisotopic (exact) mass is 369 g/mol. The Balaban J connectivity index is 1.44. The van der Waals surface area contributed by atoms with Gasteiger partial charge in [-0.05, 0) is 30.7 Å². The molecule has 1 N–H and O–H groups in total. The molecule has 2 aromatic rings. The predicted molar refractivity (Wildman–Crippen MR) is 102 cm³/mol. The van der Waals surface area contributed by atoms with E-state index in [9.17, 15) is 4.79 Å². The van der Waals surface area contributed by atoms with E-state index in [0.717, 1.165) is 51.1 Å². The van der Waals surface area contributed by atoms with Crippen molar-refractivity contribution < 1.29 is 4.79 Å². The van der Waals surface area contributed by atoms with Crippen molar-refractivity contribution in [3.63, 3.8) is 0 Å². The summed E-state index contributed by atoms with van der Waals surface area (Å²) in [5.41, 5.74) is 2.35. The van der Waals surface area contributed by atoms with Crippen molar-refractivity contribution in [2.24, 2.45) is 0 Å². The second kappa shape index (κ2) is 7.36. The largest absolute Gasteiger partial charge is 0.346 e. The summed E-state index contributed by atoms with van der Waals surface area (Å²) in [5, 5.41) is 14.1. The molecule has 8 heteroatoms. The quantitative estimate of drug-likeness (QED) is 0.869. The Labute approximate surface area is 159 Å². The molecule has 2 fully saturated rings. The minimum absolute atomic E-state index is 0.100. The van der Waals surface area contributed by atoms with Crippen LogP contribution in [0.15, 0.2) is 24.3 Å². The summed E-state index contributed by atoms with van der Waals surface area (Å²) in [6, 6.07) is 8.37. The van der Waals surface area contributed by atoms with Gasteiger partial charge in [0.1, 0.15) is 0 Å². The van der Waals surface area contributed by atoms with Gasteiger partial charge in [0.05, 0.1) is 0 Å². The van der Waals surface area contributed by atoms with E-state index >= 15 is 0 Å². The average Bonchev–Trinajstić information content (AvgIpc) is 3.18. The minimum Gasteiger partial charge on any atom is -0.346 e. The Morgan fingerprint density at radius 2 is 1.93 bits per heavy atom. The Bertz CT molecular complexity index is 776. The van der Waals surface area contributed by atoms with Gasteiger partial charge in [0, 0.05) is 57.3 Å². The second-order valence-corrected chi connectivity index (χ2v) is 7.85. The average molecular weight is 369 g/mol. The summed E-state index contributed by atoms with van der Waals surface area (Å²) in [6.07, 6.45) is 2.63. The number of carbonyl (C=O) groups is 1. The van der Waals surface area contributed by atoms with E-state index in [1.54, 1.807) is 0 Å². The molecule has 1 atom stereocenters. The number of aromatic nitrogens is 4. The first kappa shape index (κ1) is 18.1. The molecular weight excluding hydrogens is 342 g/mol. The molecule has 1 spiro atoms. The molecule has 0 saturated carbocycles. The first-order valence-electron chi connectivity index (χ1n) is 9.56. The molecule has 0 bridgehead atoms. The molecule has 2 aliphatic heterocycles. The maximum Gasteiger partial charge on any atom is 0.222 e. The molecule has 1 aromatic carbocycles. The molecule has 1 aromatic heterocycles. The van der Waals surface area contributed by atoms with Gasteiger partial charge in [-0.3, -0.25) is 14.6 Å². The zero-order chi connectivity index (χ0) is 18.9. The number of hydrogen-bond donors (Lipinski definition) is 1. The Morgan fingerprint density at radius 3 is 2.67 bits per heavy atom. The number of amides is 1. The van der Waals surface area contributed by atoms with E-state index in [1.165, 1.54) is 5.56 Å².